The third-order valence-corrected chi connectivity index (χ3v) is 9.69. The first-order chi connectivity index (χ1) is 27.8. The quantitative estimate of drug-likeness (QED) is 0.0244. The Balaban J connectivity index is 1.17. The van der Waals surface area contributed by atoms with Crippen LogP contribution in [0.3, 0.4) is 0 Å². The lowest BCUT2D eigenvalue weighted by atomic mass is 9.98. The Morgan fingerprint density at radius 2 is 1.43 bits per heavy atom. The molecule has 0 saturated carbocycles. The number of benzene rings is 4. The zero-order valence-corrected chi connectivity index (χ0v) is 32.7. The molecule has 304 valence electrons. The molecule has 0 aliphatic heterocycles. The lowest BCUT2D eigenvalue weighted by Crippen LogP contribution is -2.53. The maximum absolute atomic E-state index is 13.4. The van der Waals surface area contributed by atoms with Crippen molar-refractivity contribution < 1.29 is 47.8 Å². The van der Waals surface area contributed by atoms with Gasteiger partial charge in [0.1, 0.15) is 31.0 Å². The molecule has 1 aliphatic rings. The number of non-ortho nitro benzene ring substituents is 1. The summed E-state index contributed by atoms with van der Waals surface area (Å²) < 4.78 is 20.8. The van der Waals surface area contributed by atoms with E-state index >= 15 is 0 Å². The van der Waals surface area contributed by atoms with E-state index in [9.17, 15) is 34.1 Å². The number of fused-ring (bicyclic) bond motifs is 3. The zero-order chi connectivity index (χ0) is 41.8. The molecule has 0 radical (unpaired) electrons. The van der Waals surface area contributed by atoms with Gasteiger partial charge in [0, 0.05) is 30.2 Å². The van der Waals surface area contributed by atoms with Crippen LogP contribution in [0, 0.1) is 16.0 Å². The summed E-state index contributed by atoms with van der Waals surface area (Å²) in [5.41, 5.74) is 5.88. The van der Waals surface area contributed by atoms with Crippen LogP contribution >= 0.6 is 0 Å². The number of nitro benzene ring substituents is 1. The second-order valence-electron chi connectivity index (χ2n) is 14.1. The van der Waals surface area contributed by atoms with Gasteiger partial charge >= 0.3 is 18.2 Å². The zero-order valence-electron chi connectivity index (χ0n) is 32.7. The van der Waals surface area contributed by atoms with E-state index in [4.69, 9.17) is 18.9 Å². The molecule has 2 atom stereocenters. The normalized spacial score (nSPS) is 12.6. The number of carbonyl (C=O) groups excluding carboxylic acids is 5. The molecule has 15 heteroatoms. The molecule has 0 aromatic heterocycles. The van der Waals surface area contributed by atoms with Crippen molar-refractivity contribution in [2.75, 3.05) is 19.0 Å². The van der Waals surface area contributed by atoms with E-state index in [2.05, 4.69) is 16.0 Å². The van der Waals surface area contributed by atoms with Crippen molar-refractivity contribution in [1.29, 1.82) is 0 Å². The number of unbranched alkanes of at least 4 members (excludes halogenated alkanes) is 1. The highest BCUT2D eigenvalue weighted by Crippen LogP contribution is 2.44. The number of hydrogen-bond acceptors (Lipinski definition) is 11. The molecule has 0 spiro atoms. The number of methoxy groups -OCH3 is 1. The highest BCUT2D eigenvalue weighted by atomic mass is 16.7. The second-order valence-corrected chi connectivity index (χ2v) is 14.1. The van der Waals surface area contributed by atoms with Gasteiger partial charge in [-0.3, -0.25) is 24.5 Å². The number of hydrogen-bond donors (Lipinski definition) is 3. The highest BCUT2D eigenvalue weighted by Gasteiger charge is 2.31. The minimum Gasteiger partial charge on any atom is -0.469 e. The molecule has 3 amide bonds. The van der Waals surface area contributed by atoms with E-state index in [0.29, 0.717) is 30.5 Å². The fraction of sp³-hybridized carbons (Fsp3) is 0.326. The van der Waals surface area contributed by atoms with E-state index in [0.717, 1.165) is 27.8 Å². The molecule has 0 fully saturated rings. The number of rotatable bonds is 17. The molecular formula is C43H46N4O11. The summed E-state index contributed by atoms with van der Waals surface area (Å²) in [5, 5.41) is 19.1. The SMILES string of the molecule is COC(=O)CCCCc1cc(NC(=O)[C@H](C)NC(=O)[C@@H](NC(=O)OCC2c3ccccc3-c3ccccc32)C(C)C)ccc1COC(=O)Oc1ccc([N+](=O)[O-])cc1. The van der Waals surface area contributed by atoms with Crippen LogP contribution in [0.25, 0.3) is 11.1 Å². The maximum atomic E-state index is 13.4. The molecule has 4 aromatic carbocycles. The van der Waals surface area contributed by atoms with Crippen molar-refractivity contribution in [3.8, 4) is 16.9 Å². The number of amides is 3. The van der Waals surface area contributed by atoms with Crippen molar-refractivity contribution in [2.45, 2.75) is 71.1 Å². The number of ether oxygens (including phenoxy) is 4. The van der Waals surface area contributed by atoms with E-state index in [1.165, 1.54) is 38.3 Å². The van der Waals surface area contributed by atoms with Gasteiger partial charge in [-0.2, -0.15) is 0 Å². The minimum atomic E-state index is -1.03. The molecule has 3 N–H and O–H groups in total. The van der Waals surface area contributed by atoms with Crippen LogP contribution in [-0.4, -0.2) is 60.8 Å². The van der Waals surface area contributed by atoms with Crippen molar-refractivity contribution in [3.05, 3.63) is 123 Å². The lowest BCUT2D eigenvalue weighted by molar-refractivity contribution is -0.384. The van der Waals surface area contributed by atoms with Crippen molar-refractivity contribution in [1.82, 2.24) is 10.6 Å². The Morgan fingerprint density at radius 1 is 0.776 bits per heavy atom. The van der Waals surface area contributed by atoms with Gasteiger partial charge in [-0.25, -0.2) is 9.59 Å². The molecule has 1 aliphatic carbocycles. The molecule has 15 nitrogen and oxygen atoms in total. The fourth-order valence-corrected chi connectivity index (χ4v) is 6.58. The number of carbonyl (C=O) groups is 5. The van der Waals surface area contributed by atoms with Crippen LogP contribution in [0.5, 0.6) is 5.75 Å². The van der Waals surface area contributed by atoms with Gasteiger partial charge in [-0.15, -0.1) is 0 Å². The van der Waals surface area contributed by atoms with Crippen molar-refractivity contribution >= 4 is 41.4 Å². The van der Waals surface area contributed by atoms with Gasteiger partial charge in [0.05, 0.1) is 12.0 Å². The fourth-order valence-electron chi connectivity index (χ4n) is 6.58. The van der Waals surface area contributed by atoms with Crippen molar-refractivity contribution in [2.24, 2.45) is 5.92 Å². The second kappa shape index (κ2) is 19.9. The minimum absolute atomic E-state index is 0.0608. The highest BCUT2D eigenvalue weighted by molar-refractivity contribution is 5.98. The molecule has 5 rings (SSSR count). The molecule has 58 heavy (non-hydrogen) atoms. The summed E-state index contributed by atoms with van der Waals surface area (Å²) in [4.78, 5) is 74.1. The number of alkyl carbamates (subject to hydrolysis) is 1. The molecule has 4 aromatic rings. The summed E-state index contributed by atoms with van der Waals surface area (Å²) >= 11 is 0. The topological polar surface area (TPSA) is 201 Å². The third-order valence-electron chi connectivity index (χ3n) is 9.69. The molecule has 0 unspecified atom stereocenters. The smallest absolute Gasteiger partial charge is 0.469 e. The Hall–Kier alpha value is -6.77. The summed E-state index contributed by atoms with van der Waals surface area (Å²) in [5.74, 6) is -1.86. The number of nitrogens with zero attached hydrogens (tertiary/aromatic N) is 1. The van der Waals surface area contributed by atoms with Crippen molar-refractivity contribution in [3.63, 3.8) is 0 Å². The first-order valence-corrected chi connectivity index (χ1v) is 18.8. The molecular weight excluding hydrogens is 748 g/mol. The summed E-state index contributed by atoms with van der Waals surface area (Å²) in [7, 11) is 1.31. The Kier molecular flexibility index (Phi) is 14.5. The maximum Gasteiger partial charge on any atom is 0.514 e. The number of nitrogens with one attached hydrogen (secondary N) is 3. The molecule has 0 bridgehead atoms. The monoisotopic (exact) mass is 794 g/mol. The van der Waals surface area contributed by atoms with E-state index in [1.54, 1.807) is 32.0 Å². The summed E-state index contributed by atoms with van der Waals surface area (Å²) in [6, 6.07) is 23.9. The van der Waals surface area contributed by atoms with Gasteiger partial charge in [-0.05, 0) is 89.8 Å². The average Bonchev–Trinajstić information content (AvgIpc) is 3.53. The van der Waals surface area contributed by atoms with Gasteiger partial charge in [0.2, 0.25) is 11.8 Å². The van der Waals surface area contributed by atoms with Crippen LogP contribution in [-0.2, 0) is 41.6 Å². The van der Waals surface area contributed by atoms with E-state index in [-0.39, 0.29) is 48.9 Å². The van der Waals surface area contributed by atoms with E-state index in [1.807, 2.05) is 48.5 Å². The summed E-state index contributed by atoms with van der Waals surface area (Å²) in [6.07, 6.45) is -0.00966. The standard InChI is InChI=1S/C43H46N4O11/c1-26(2)39(46-42(51)56-25-37-35-14-8-6-12-33(35)34-13-7-9-15-36(34)37)41(50)44-27(3)40(49)45-30-18-17-29(28(23-30)11-5-10-16-38(48)55-4)24-57-43(52)58-32-21-19-31(20-22-32)47(53)54/h6-9,12-15,17-23,26-27,37,39H,5,10-11,16,24-25H2,1-4H3,(H,44,50)(H,45,49)(H,46,51)/t27-,39-/m0/s1. The first-order valence-electron chi connectivity index (χ1n) is 18.8. The number of anilines is 1. The molecule has 0 saturated heterocycles. The van der Waals surface area contributed by atoms with Crippen LogP contribution in [0.15, 0.2) is 91.0 Å². The Labute approximate surface area is 335 Å². The predicted octanol–water partition coefficient (Wildman–Crippen LogP) is 7.20. The van der Waals surface area contributed by atoms with Crippen LogP contribution in [0.2, 0.25) is 0 Å². The van der Waals surface area contributed by atoms with Gasteiger partial charge in [0.25, 0.3) is 5.69 Å². The number of aryl methyl sites for hydroxylation is 1. The van der Waals surface area contributed by atoms with Crippen LogP contribution < -0.4 is 20.7 Å². The van der Waals surface area contributed by atoms with Crippen LogP contribution in [0.4, 0.5) is 21.0 Å². The predicted molar refractivity (Wildman–Crippen MR) is 213 cm³/mol. The number of nitro groups is 1. The van der Waals surface area contributed by atoms with Gasteiger partial charge in [-0.1, -0.05) is 68.4 Å². The third kappa shape index (κ3) is 11.2. The van der Waals surface area contributed by atoms with Gasteiger partial charge in [0.15, 0.2) is 0 Å². The first kappa shape index (κ1) is 42.4. The van der Waals surface area contributed by atoms with Crippen LogP contribution in [0.1, 0.15) is 68.2 Å². The molecule has 0 heterocycles. The number of esters is 1. The Bertz CT molecular complexity index is 2090. The lowest BCUT2D eigenvalue weighted by Gasteiger charge is -2.24. The Morgan fingerprint density at radius 3 is 2.05 bits per heavy atom. The van der Waals surface area contributed by atoms with E-state index < -0.39 is 41.1 Å². The largest absolute Gasteiger partial charge is 0.514 e. The average molecular weight is 795 g/mol. The summed E-state index contributed by atoms with van der Waals surface area (Å²) in [6.45, 7) is 4.95. The van der Waals surface area contributed by atoms with Gasteiger partial charge < -0.3 is 34.9 Å².